The van der Waals surface area contributed by atoms with Crippen molar-refractivity contribution in [3.63, 3.8) is 0 Å². The Morgan fingerprint density at radius 2 is 2.35 bits per heavy atom. The Hall–Kier alpha value is -1.60. The number of hydrogen-bond acceptors (Lipinski definition) is 4. The normalized spacial score (nSPS) is 10.3. The lowest BCUT2D eigenvalue weighted by Crippen LogP contribution is -2.31. The first kappa shape index (κ1) is 16.5. The van der Waals surface area contributed by atoms with E-state index < -0.39 is 0 Å². The molecule has 0 aliphatic carbocycles. The van der Waals surface area contributed by atoms with Crippen molar-refractivity contribution in [2.24, 2.45) is 5.10 Å². The largest absolute Gasteiger partial charge is 0.503 e. The molecule has 0 aliphatic rings. The number of aromatic hydroxyl groups is 1. The number of halogens is 1. The van der Waals surface area contributed by atoms with E-state index in [1.165, 1.54) is 0 Å². The van der Waals surface area contributed by atoms with E-state index in [0.29, 0.717) is 28.5 Å². The molecular weight excluding hydrogens is 342 g/mol. The molecule has 1 rings (SSSR count). The monoisotopic (exact) mass is 357 g/mol. The molecule has 0 unspecified atom stereocenters. The summed E-state index contributed by atoms with van der Waals surface area (Å²) in [5.41, 5.74) is 3.44. The Bertz CT molecular complexity index is 521. The maximum atomic E-state index is 9.79. The molecule has 1 aromatic carbocycles. The molecule has 0 radical (unpaired) electrons. The molecule has 3 N–H and O–H groups in total. The van der Waals surface area contributed by atoms with Crippen LogP contribution < -0.4 is 15.5 Å². The molecule has 0 amide bonds. The second-order valence-corrected chi connectivity index (χ2v) is 4.91. The van der Waals surface area contributed by atoms with Gasteiger partial charge in [-0.1, -0.05) is 6.08 Å². The van der Waals surface area contributed by atoms with E-state index in [4.69, 9.17) is 17.0 Å². The van der Waals surface area contributed by atoms with Crippen LogP contribution in [0.5, 0.6) is 11.5 Å². The van der Waals surface area contributed by atoms with Crippen LogP contribution in [0.4, 0.5) is 0 Å². The van der Waals surface area contributed by atoms with Crippen LogP contribution in [0.2, 0.25) is 0 Å². The number of phenolic OH excluding ortho intramolecular Hbond substituents is 1. The highest BCUT2D eigenvalue weighted by molar-refractivity contribution is 9.10. The van der Waals surface area contributed by atoms with Crippen molar-refractivity contribution >= 4 is 39.5 Å². The van der Waals surface area contributed by atoms with Gasteiger partial charge in [-0.3, -0.25) is 5.43 Å². The first-order valence-corrected chi connectivity index (χ1v) is 7.11. The lowest BCUT2D eigenvalue weighted by atomic mass is 10.2. The van der Waals surface area contributed by atoms with Gasteiger partial charge in [0, 0.05) is 6.54 Å². The first-order valence-electron chi connectivity index (χ1n) is 5.91. The molecule has 0 aromatic heterocycles. The number of rotatable bonds is 6. The van der Waals surface area contributed by atoms with E-state index in [-0.39, 0.29) is 5.75 Å². The highest BCUT2D eigenvalue weighted by Crippen LogP contribution is 2.34. The third-order valence-corrected chi connectivity index (χ3v) is 2.98. The van der Waals surface area contributed by atoms with E-state index in [1.807, 2.05) is 6.92 Å². The van der Waals surface area contributed by atoms with Crippen LogP contribution in [0.3, 0.4) is 0 Å². The lowest BCUT2D eigenvalue weighted by Gasteiger charge is -2.08. The quantitative estimate of drug-likeness (QED) is 0.316. The third kappa shape index (κ3) is 5.18. The second-order valence-electron chi connectivity index (χ2n) is 3.65. The zero-order chi connectivity index (χ0) is 15.0. The number of hydrazone groups is 1. The van der Waals surface area contributed by atoms with Crippen LogP contribution in [0.25, 0.3) is 0 Å². The van der Waals surface area contributed by atoms with Crippen LogP contribution in [-0.4, -0.2) is 29.6 Å². The summed E-state index contributed by atoms with van der Waals surface area (Å²) in [4.78, 5) is 0. The number of ether oxygens (including phenoxy) is 1. The summed E-state index contributed by atoms with van der Waals surface area (Å²) in [7, 11) is 0. The highest BCUT2D eigenvalue weighted by Gasteiger charge is 2.08. The first-order chi connectivity index (χ1) is 9.58. The van der Waals surface area contributed by atoms with E-state index >= 15 is 0 Å². The predicted molar refractivity (Wildman–Crippen MR) is 88.5 cm³/mol. The Morgan fingerprint density at radius 3 is 3.00 bits per heavy atom. The van der Waals surface area contributed by atoms with Gasteiger partial charge >= 0.3 is 0 Å². The number of nitrogens with zero attached hydrogens (tertiary/aromatic N) is 1. The second kappa shape index (κ2) is 8.55. The van der Waals surface area contributed by atoms with Gasteiger partial charge in [-0.05, 0) is 52.8 Å². The van der Waals surface area contributed by atoms with Crippen LogP contribution >= 0.6 is 28.1 Å². The van der Waals surface area contributed by atoms with Gasteiger partial charge in [0.25, 0.3) is 0 Å². The minimum absolute atomic E-state index is 0.0696. The molecular formula is C13H16BrN3O2S. The van der Waals surface area contributed by atoms with Crippen molar-refractivity contribution in [2.75, 3.05) is 13.2 Å². The molecule has 0 spiro atoms. The van der Waals surface area contributed by atoms with E-state index in [9.17, 15) is 5.11 Å². The molecule has 108 valence electrons. The zero-order valence-electron chi connectivity index (χ0n) is 11.0. The standard InChI is InChI=1S/C13H16BrN3O2S/c1-3-5-15-13(20)17-16-8-9-6-10(14)12(18)11(7-9)19-4-2/h3,6-8,18H,1,4-5H2,2H3,(H2,15,17,20)/b16-8+. The number of hydrogen-bond donors (Lipinski definition) is 3. The van der Waals surface area contributed by atoms with Crippen LogP contribution in [0.1, 0.15) is 12.5 Å². The number of phenols is 1. The maximum Gasteiger partial charge on any atom is 0.187 e. The highest BCUT2D eigenvalue weighted by atomic mass is 79.9. The van der Waals surface area contributed by atoms with Gasteiger partial charge in [-0.2, -0.15) is 5.10 Å². The summed E-state index contributed by atoms with van der Waals surface area (Å²) >= 11 is 8.25. The van der Waals surface area contributed by atoms with Gasteiger partial charge in [-0.25, -0.2) is 0 Å². The van der Waals surface area contributed by atoms with Crippen LogP contribution in [-0.2, 0) is 0 Å². The molecule has 0 saturated heterocycles. The molecule has 0 saturated carbocycles. The zero-order valence-corrected chi connectivity index (χ0v) is 13.4. The fraction of sp³-hybridized carbons (Fsp3) is 0.231. The summed E-state index contributed by atoms with van der Waals surface area (Å²) < 4.78 is 5.87. The maximum absolute atomic E-state index is 9.79. The minimum atomic E-state index is 0.0696. The third-order valence-electron chi connectivity index (χ3n) is 2.14. The van der Waals surface area contributed by atoms with Crippen LogP contribution in [0.15, 0.2) is 34.4 Å². The van der Waals surface area contributed by atoms with Crippen LogP contribution in [0, 0.1) is 0 Å². The topological polar surface area (TPSA) is 65.9 Å². The fourth-order valence-electron chi connectivity index (χ4n) is 1.30. The van der Waals surface area contributed by atoms with Gasteiger partial charge in [-0.15, -0.1) is 6.58 Å². The molecule has 0 fully saturated rings. The SMILES string of the molecule is C=CCNC(=S)N/N=C/c1cc(Br)c(O)c(OCC)c1. The molecule has 0 atom stereocenters. The molecule has 7 heteroatoms. The minimum Gasteiger partial charge on any atom is -0.503 e. The van der Waals surface area contributed by atoms with Gasteiger partial charge in [0.15, 0.2) is 16.6 Å². The number of thiocarbonyl (C=S) groups is 1. The van der Waals surface area contributed by atoms with Crippen molar-refractivity contribution in [1.82, 2.24) is 10.7 Å². The number of benzene rings is 1. The van der Waals surface area contributed by atoms with Crippen molar-refractivity contribution < 1.29 is 9.84 Å². The van der Waals surface area contributed by atoms with Crippen molar-refractivity contribution in [3.8, 4) is 11.5 Å². The van der Waals surface area contributed by atoms with E-state index in [0.717, 1.165) is 5.56 Å². The Kier molecular flexibility index (Phi) is 7.03. The van der Waals surface area contributed by atoms with Crippen molar-refractivity contribution in [2.45, 2.75) is 6.92 Å². The Labute approximate surface area is 131 Å². The molecule has 20 heavy (non-hydrogen) atoms. The smallest absolute Gasteiger partial charge is 0.187 e. The molecule has 1 aromatic rings. The number of nitrogens with one attached hydrogen (secondary N) is 2. The summed E-state index contributed by atoms with van der Waals surface area (Å²) in [5.74, 6) is 0.468. The molecule has 5 nitrogen and oxygen atoms in total. The Morgan fingerprint density at radius 1 is 1.60 bits per heavy atom. The van der Waals surface area contributed by atoms with E-state index in [2.05, 4.69) is 38.4 Å². The molecule has 0 bridgehead atoms. The summed E-state index contributed by atoms with van der Waals surface area (Å²) in [5, 5.41) is 17.1. The van der Waals surface area contributed by atoms with Gasteiger partial charge in [0.2, 0.25) is 0 Å². The summed E-state index contributed by atoms with van der Waals surface area (Å²) in [6.07, 6.45) is 3.28. The lowest BCUT2D eigenvalue weighted by molar-refractivity contribution is 0.317. The van der Waals surface area contributed by atoms with Gasteiger partial charge in [0.05, 0.1) is 17.3 Å². The molecule has 0 heterocycles. The van der Waals surface area contributed by atoms with Gasteiger partial charge in [0.1, 0.15) is 0 Å². The molecule has 0 aliphatic heterocycles. The fourth-order valence-corrected chi connectivity index (χ4v) is 1.90. The Balaban J connectivity index is 2.72. The van der Waals surface area contributed by atoms with Crippen molar-refractivity contribution in [1.29, 1.82) is 0 Å². The van der Waals surface area contributed by atoms with Gasteiger partial charge < -0.3 is 15.2 Å². The average Bonchev–Trinajstić information content (AvgIpc) is 2.42. The van der Waals surface area contributed by atoms with E-state index in [1.54, 1.807) is 24.4 Å². The summed E-state index contributed by atoms with van der Waals surface area (Å²) in [6, 6.07) is 3.41. The summed E-state index contributed by atoms with van der Waals surface area (Å²) in [6.45, 7) is 6.46. The average molecular weight is 358 g/mol. The van der Waals surface area contributed by atoms with Crippen molar-refractivity contribution in [3.05, 3.63) is 34.8 Å². The predicted octanol–water partition coefficient (Wildman–Crippen LogP) is 2.54.